The van der Waals surface area contributed by atoms with E-state index in [1.54, 1.807) is 18.2 Å². The number of alkyl carbamates (subject to hydrolysis) is 1. The van der Waals surface area contributed by atoms with Crippen molar-refractivity contribution in [2.45, 2.75) is 48.5 Å². The average molecular weight is 562 g/mol. The molecule has 1 amide bonds. The summed E-state index contributed by atoms with van der Waals surface area (Å²) < 4.78 is 67.0. The average Bonchev–Trinajstić information content (AvgIpc) is 2.96. The molecule has 0 radical (unpaired) electrons. The van der Waals surface area contributed by atoms with Crippen LogP contribution in [0.4, 0.5) is 4.79 Å². The lowest BCUT2D eigenvalue weighted by Gasteiger charge is -2.53. The van der Waals surface area contributed by atoms with Crippen molar-refractivity contribution in [1.82, 2.24) is 5.32 Å². The van der Waals surface area contributed by atoms with E-state index in [1.807, 2.05) is 30.3 Å². The normalized spacial score (nSPS) is 31.3. The van der Waals surface area contributed by atoms with Gasteiger partial charge in [-0.25, -0.2) is 13.2 Å². The summed E-state index contributed by atoms with van der Waals surface area (Å²) in [6.45, 7) is 0.0535. The van der Waals surface area contributed by atoms with Crippen molar-refractivity contribution in [2.24, 2.45) is 5.92 Å². The van der Waals surface area contributed by atoms with Gasteiger partial charge in [0.25, 0.3) is 0 Å². The van der Waals surface area contributed by atoms with Crippen LogP contribution in [0.1, 0.15) is 5.56 Å². The van der Waals surface area contributed by atoms with Crippen LogP contribution in [0, 0.1) is 5.92 Å². The van der Waals surface area contributed by atoms with E-state index in [4.69, 9.17) is 33.2 Å². The van der Waals surface area contributed by atoms with Crippen molar-refractivity contribution >= 4 is 15.9 Å². The van der Waals surface area contributed by atoms with Crippen molar-refractivity contribution in [3.8, 4) is 0 Å². The topological polar surface area (TPSA) is 128 Å². The number of carbonyl (C=O) groups is 1. The van der Waals surface area contributed by atoms with E-state index >= 15 is 0 Å². The van der Waals surface area contributed by atoms with Gasteiger partial charge in [0.2, 0.25) is 12.6 Å². The molecule has 0 unspecified atom stereocenters. The van der Waals surface area contributed by atoms with E-state index in [9.17, 15) is 13.2 Å². The number of benzene rings is 2. The second kappa shape index (κ2) is 12.1. The largest absolute Gasteiger partial charge is 0.445 e. The van der Waals surface area contributed by atoms with E-state index in [0.29, 0.717) is 5.57 Å². The van der Waals surface area contributed by atoms with E-state index in [1.165, 1.54) is 31.8 Å². The van der Waals surface area contributed by atoms with Crippen LogP contribution in [-0.2, 0) is 49.6 Å². The van der Waals surface area contributed by atoms with E-state index < -0.39 is 58.8 Å². The summed E-state index contributed by atoms with van der Waals surface area (Å²) in [6, 6.07) is 17.4. The molecule has 12 heteroatoms. The van der Waals surface area contributed by atoms with Gasteiger partial charge in [0.15, 0.2) is 9.84 Å². The number of rotatable bonds is 8. The second-order valence-corrected chi connectivity index (χ2v) is 11.1. The number of hydrogen-bond donors (Lipinski definition) is 1. The van der Waals surface area contributed by atoms with Crippen molar-refractivity contribution in [2.75, 3.05) is 27.6 Å². The standard InChI is InChI=1S/C27H31NO10S/c1-32-25-26(33-2)38-24-22-20(15-39(30,31)18-11-7-4-8-12-18)21(35-16-36-22)19(23(24)37-25)13-28-27(29)34-14-17-9-5-3-6-10-17/h3-12,15,19,21-26H,13-14,16H2,1-2H3,(H,28,29)/b20-15+/t19-,21+,22+,23+,24+,25-,26-/m0/s1. The highest BCUT2D eigenvalue weighted by Crippen LogP contribution is 2.43. The molecular weight excluding hydrogens is 530 g/mol. The number of hydrogen-bond acceptors (Lipinski definition) is 10. The minimum Gasteiger partial charge on any atom is -0.445 e. The first-order valence-electron chi connectivity index (χ1n) is 12.5. The van der Waals surface area contributed by atoms with Gasteiger partial charge >= 0.3 is 6.09 Å². The van der Waals surface area contributed by atoms with Crippen LogP contribution in [0.25, 0.3) is 0 Å². The van der Waals surface area contributed by atoms with Crippen LogP contribution >= 0.6 is 0 Å². The molecular formula is C27H31NO10S. The molecule has 39 heavy (non-hydrogen) atoms. The van der Waals surface area contributed by atoms with Crippen LogP contribution in [0.2, 0.25) is 0 Å². The van der Waals surface area contributed by atoms with Crippen molar-refractivity contribution in [1.29, 1.82) is 0 Å². The maximum absolute atomic E-state index is 13.3. The minimum absolute atomic E-state index is 0.0480. The second-order valence-electron chi connectivity index (χ2n) is 9.28. The number of carbonyl (C=O) groups excluding carboxylic acids is 1. The number of nitrogens with one attached hydrogen (secondary N) is 1. The van der Waals surface area contributed by atoms with E-state index in [2.05, 4.69) is 5.32 Å². The zero-order valence-corrected chi connectivity index (χ0v) is 22.3. The van der Waals surface area contributed by atoms with Gasteiger partial charge in [0, 0.05) is 37.7 Å². The molecule has 2 saturated heterocycles. The van der Waals surface area contributed by atoms with Crippen LogP contribution in [0.15, 0.2) is 76.5 Å². The molecule has 2 aliphatic heterocycles. The Bertz CT molecular complexity index is 1260. The van der Waals surface area contributed by atoms with Gasteiger partial charge in [-0.3, -0.25) is 0 Å². The molecule has 0 aromatic heterocycles. The first-order chi connectivity index (χ1) is 18.9. The Labute approximate surface area is 226 Å². The molecule has 2 aromatic rings. The number of methoxy groups -OCH3 is 2. The number of fused-ring (bicyclic) bond motifs is 4. The Morgan fingerprint density at radius 2 is 1.54 bits per heavy atom. The zero-order chi connectivity index (χ0) is 27.4. The van der Waals surface area contributed by atoms with Gasteiger partial charge in [0.1, 0.15) is 25.6 Å². The quantitative estimate of drug-likeness (QED) is 0.513. The summed E-state index contributed by atoms with van der Waals surface area (Å²) in [6.07, 6.45) is -5.35. The smallest absolute Gasteiger partial charge is 0.407 e. The maximum atomic E-state index is 13.3. The van der Waals surface area contributed by atoms with Crippen molar-refractivity contribution in [3.05, 3.63) is 77.2 Å². The SMILES string of the molecule is CO[C@H]1O[C@@H]2[C@@H](CNC(=O)OCc3ccccc3)[C@H]3OCO[C@H](/C3=C/S(=O)(=O)c3ccccc3)[C@H]2O[C@@H]1OC. The summed E-state index contributed by atoms with van der Waals surface area (Å²) in [7, 11) is -0.940. The first kappa shape index (κ1) is 27.7. The molecule has 3 aliphatic rings. The lowest BCUT2D eigenvalue weighted by atomic mass is 9.76. The molecule has 210 valence electrons. The molecule has 2 aromatic carbocycles. The number of amides is 1. The van der Waals surface area contributed by atoms with Crippen LogP contribution in [0.3, 0.4) is 0 Å². The fourth-order valence-electron chi connectivity index (χ4n) is 5.07. The molecule has 1 aliphatic carbocycles. The van der Waals surface area contributed by atoms with Gasteiger partial charge < -0.3 is 38.5 Å². The third kappa shape index (κ3) is 6.02. The summed E-state index contributed by atoms with van der Waals surface area (Å²) in [5.74, 6) is -0.563. The fourth-order valence-corrected chi connectivity index (χ4v) is 6.37. The van der Waals surface area contributed by atoms with Crippen LogP contribution in [-0.4, -0.2) is 79.1 Å². The third-order valence-corrected chi connectivity index (χ3v) is 8.42. The molecule has 1 saturated carbocycles. The molecule has 2 bridgehead atoms. The van der Waals surface area contributed by atoms with Crippen molar-refractivity contribution < 1.29 is 46.4 Å². The Balaban J connectivity index is 1.42. The van der Waals surface area contributed by atoms with Gasteiger partial charge in [-0.15, -0.1) is 0 Å². The molecule has 2 heterocycles. The van der Waals surface area contributed by atoms with E-state index in [0.717, 1.165) is 5.56 Å². The highest BCUT2D eigenvalue weighted by molar-refractivity contribution is 7.94. The predicted octanol–water partition coefficient (Wildman–Crippen LogP) is 2.37. The first-order valence-corrected chi connectivity index (χ1v) is 14.0. The number of sulfone groups is 1. The monoisotopic (exact) mass is 561 g/mol. The van der Waals surface area contributed by atoms with Gasteiger partial charge in [0.05, 0.1) is 17.1 Å². The molecule has 5 rings (SSSR count). The van der Waals surface area contributed by atoms with Crippen LogP contribution in [0.5, 0.6) is 0 Å². The Hall–Kier alpha value is -2.84. The lowest BCUT2D eigenvalue weighted by Crippen LogP contribution is -2.67. The van der Waals surface area contributed by atoms with Gasteiger partial charge in [-0.05, 0) is 17.7 Å². The molecule has 0 spiro atoms. The predicted molar refractivity (Wildman–Crippen MR) is 136 cm³/mol. The van der Waals surface area contributed by atoms with Crippen molar-refractivity contribution in [3.63, 3.8) is 0 Å². The lowest BCUT2D eigenvalue weighted by molar-refractivity contribution is -0.386. The minimum atomic E-state index is -3.85. The summed E-state index contributed by atoms with van der Waals surface area (Å²) >= 11 is 0. The Kier molecular flexibility index (Phi) is 8.62. The summed E-state index contributed by atoms with van der Waals surface area (Å²) in [5, 5.41) is 3.93. The highest BCUT2D eigenvalue weighted by atomic mass is 32.2. The van der Waals surface area contributed by atoms with Gasteiger partial charge in [-0.1, -0.05) is 48.5 Å². The summed E-state index contributed by atoms with van der Waals surface area (Å²) in [4.78, 5) is 12.7. The Morgan fingerprint density at radius 3 is 2.21 bits per heavy atom. The molecule has 3 fully saturated rings. The van der Waals surface area contributed by atoms with Gasteiger partial charge in [-0.2, -0.15) is 0 Å². The molecule has 1 N–H and O–H groups in total. The van der Waals surface area contributed by atoms with Crippen LogP contribution < -0.4 is 5.32 Å². The Morgan fingerprint density at radius 1 is 0.923 bits per heavy atom. The molecule has 11 nitrogen and oxygen atoms in total. The highest BCUT2D eigenvalue weighted by Gasteiger charge is 2.57. The molecule has 7 atom stereocenters. The van der Waals surface area contributed by atoms with E-state index in [-0.39, 0.29) is 24.8 Å². The summed E-state index contributed by atoms with van der Waals surface area (Å²) in [5.41, 5.74) is 1.21. The fraction of sp³-hybridized carbons (Fsp3) is 0.444. The third-order valence-electron chi connectivity index (χ3n) is 6.91. The zero-order valence-electron chi connectivity index (χ0n) is 21.5. The maximum Gasteiger partial charge on any atom is 0.407 e. The number of ether oxygens (including phenoxy) is 7.